The predicted octanol–water partition coefficient (Wildman–Crippen LogP) is 0.883. The number of non-ortho nitro benzene ring substituents is 1. The number of carboxylic acids is 1. The van der Waals surface area contributed by atoms with E-state index >= 15 is 0 Å². The van der Waals surface area contributed by atoms with Crippen molar-refractivity contribution in [1.29, 1.82) is 0 Å². The molecule has 104 valence electrons. The van der Waals surface area contributed by atoms with Gasteiger partial charge in [-0.25, -0.2) is 4.68 Å². The van der Waals surface area contributed by atoms with Gasteiger partial charge in [0.15, 0.2) is 0 Å². The molecule has 2 aromatic rings. The first-order chi connectivity index (χ1) is 9.54. The molecule has 2 N–H and O–H groups in total. The van der Waals surface area contributed by atoms with Gasteiger partial charge in [-0.1, -0.05) is 5.21 Å². The van der Waals surface area contributed by atoms with Crippen molar-refractivity contribution in [3.05, 3.63) is 46.3 Å². The summed E-state index contributed by atoms with van der Waals surface area (Å²) in [5.74, 6) is -0.996. The monoisotopic (exact) mass is 277 g/mol. The van der Waals surface area contributed by atoms with Crippen molar-refractivity contribution < 1.29 is 14.8 Å². The van der Waals surface area contributed by atoms with E-state index in [4.69, 9.17) is 5.11 Å². The number of nitro benzene ring substituents is 1. The smallest absolute Gasteiger partial charge is 0.325 e. The summed E-state index contributed by atoms with van der Waals surface area (Å²) in [5.41, 5.74) is 1.29. The molecule has 0 aliphatic carbocycles. The fourth-order valence-corrected chi connectivity index (χ4v) is 1.53. The van der Waals surface area contributed by atoms with E-state index in [1.807, 2.05) is 0 Å². The van der Waals surface area contributed by atoms with Crippen LogP contribution in [0.1, 0.15) is 5.69 Å². The molecule has 1 aromatic carbocycles. The van der Waals surface area contributed by atoms with E-state index in [2.05, 4.69) is 15.6 Å². The van der Waals surface area contributed by atoms with E-state index in [-0.39, 0.29) is 12.2 Å². The lowest BCUT2D eigenvalue weighted by Gasteiger charge is -2.02. The second-order valence-electron chi connectivity index (χ2n) is 3.96. The predicted molar refractivity (Wildman–Crippen MR) is 68.1 cm³/mol. The highest BCUT2D eigenvalue weighted by molar-refractivity contribution is 5.66. The zero-order chi connectivity index (χ0) is 14.5. The highest BCUT2D eigenvalue weighted by Gasteiger charge is 2.06. The first-order valence-electron chi connectivity index (χ1n) is 5.64. The summed E-state index contributed by atoms with van der Waals surface area (Å²) in [5, 5.41) is 29.6. The SMILES string of the molecule is O=C(O)Cn1cc(CNc2ccc([N+](=O)[O-])cc2)nn1. The summed E-state index contributed by atoms with van der Waals surface area (Å²) in [6.45, 7) is 0.0992. The molecule has 0 amide bonds. The minimum atomic E-state index is -0.996. The van der Waals surface area contributed by atoms with Crippen LogP contribution in [0.3, 0.4) is 0 Å². The Bertz CT molecular complexity index is 622. The average Bonchev–Trinajstić information content (AvgIpc) is 2.83. The third-order valence-corrected chi connectivity index (χ3v) is 2.44. The maximum atomic E-state index is 10.5. The van der Waals surface area contributed by atoms with Crippen LogP contribution >= 0.6 is 0 Å². The third kappa shape index (κ3) is 3.51. The van der Waals surface area contributed by atoms with Gasteiger partial charge in [-0.2, -0.15) is 0 Å². The Kier molecular flexibility index (Phi) is 3.89. The van der Waals surface area contributed by atoms with Gasteiger partial charge in [-0.3, -0.25) is 14.9 Å². The average molecular weight is 277 g/mol. The van der Waals surface area contributed by atoms with E-state index in [9.17, 15) is 14.9 Å². The molecule has 0 bridgehead atoms. The Balaban J connectivity index is 1.93. The van der Waals surface area contributed by atoms with Crippen LogP contribution in [0.25, 0.3) is 0 Å². The van der Waals surface area contributed by atoms with Gasteiger partial charge in [0, 0.05) is 17.8 Å². The van der Waals surface area contributed by atoms with E-state index in [1.54, 1.807) is 12.1 Å². The van der Waals surface area contributed by atoms with Gasteiger partial charge in [0.1, 0.15) is 12.2 Å². The van der Waals surface area contributed by atoms with Crippen molar-refractivity contribution in [2.24, 2.45) is 0 Å². The van der Waals surface area contributed by atoms with Crippen LogP contribution in [0.15, 0.2) is 30.5 Å². The molecular weight excluding hydrogens is 266 g/mol. The Morgan fingerprint density at radius 3 is 2.70 bits per heavy atom. The van der Waals surface area contributed by atoms with E-state index < -0.39 is 10.9 Å². The zero-order valence-corrected chi connectivity index (χ0v) is 10.3. The van der Waals surface area contributed by atoms with Gasteiger partial charge in [0.25, 0.3) is 5.69 Å². The number of hydrogen-bond donors (Lipinski definition) is 2. The molecule has 0 aliphatic heterocycles. The van der Waals surface area contributed by atoms with Gasteiger partial charge in [-0.05, 0) is 12.1 Å². The van der Waals surface area contributed by atoms with Gasteiger partial charge in [0.2, 0.25) is 0 Å². The number of nitro groups is 1. The Morgan fingerprint density at radius 2 is 2.10 bits per heavy atom. The lowest BCUT2D eigenvalue weighted by molar-refractivity contribution is -0.384. The maximum absolute atomic E-state index is 10.5. The second kappa shape index (κ2) is 5.78. The molecule has 0 saturated carbocycles. The molecule has 0 saturated heterocycles. The summed E-state index contributed by atoms with van der Waals surface area (Å²) >= 11 is 0. The van der Waals surface area contributed by atoms with Crippen LogP contribution in [0.5, 0.6) is 0 Å². The van der Waals surface area contributed by atoms with Crippen LogP contribution in [-0.4, -0.2) is 31.0 Å². The van der Waals surface area contributed by atoms with Crippen LogP contribution in [-0.2, 0) is 17.9 Å². The van der Waals surface area contributed by atoms with Gasteiger partial charge in [0.05, 0.1) is 17.7 Å². The van der Waals surface area contributed by atoms with Gasteiger partial charge in [-0.15, -0.1) is 5.10 Å². The molecule has 9 nitrogen and oxygen atoms in total. The molecule has 2 rings (SSSR count). The number of nitrogens with one attached hydrogen (secondary N) is 1. The van der Waals surface area contributed by atoms with Crippen molar-refractivity contribution in [2.75, 3.05) is 5.32 Å². The number of aliphatic carboxylic acids is 1. The third-order valence-electron chi connectivity index (χ3n) is 2.44. The minimum absolute atomic E-state index is 0.0166. The first kappa shape index (κ1) is 13.5. The topological polar surface area (TPSA) is 123 Å². The number of benzene rings is 1. The van der Waals surface area contributed by atoms with Crippen LogP contribution in [0.2, 0.25) is 0 Å². The molecule has 0 radical (unpaired) electrons. The molecule has 0 atom stereocenters. The fourth-order valence-electron chi connectivity index (χ4n) is 1.53. The number of anilines is 1. The highest BCUT2D eigenvalue weighted by atomic mass is 16.6. The Morgan fingerprint density at radius 1 is 1.40 bits per heavy atom. The summed E-state index contributed by atoms with van der Waals surface area (Å²) in [7, 11) is 0. The normalized spacial score (nSPS) is 10.2. The largest absolute Gasteiger partial charge is 0.480 e. The molecule has 0 unspecified atom stereocenters. The minimum Gasteiger partial charge on any atom is -0.480 e. The van der Waals surface area contributed by atoms with Crippen molar-refractivity contribution >= 4 is 17.3 Å². The van der Waals surface area contributed by atoms with Crippen LogP contribution in [0, 0.1) is 10.1 Å². The Labute approximate surface area is 113 Å². The molecule has 1 heterocycles. The fraction of sp³-hybridized carbons (Fsp3) is 0.182. The summed E-state index contributed by atoms with van der Waals surface area (Å²) in [6.07, 6.45) is 1.52. The number of carbonyl (C=O) groups is 1. The molecule has 1 aromatic heterocycles. The first-order valence-corrected chi connectivity index (χ1v) is 5.64. The molecule has 0 fully saturated rings. The molecule has 9 heteroatoms. The number of hydrogen-bond acceptors (Lipinski definition) is 6. The summed E-state index contributed by atoms with van der Waals surface area (Å²) in [6, 6.07) is 5.95. The number of rotatable bonds is 6. The van der Waals surface area contributed by atoms with Crippen molar-refractivity contribution in [3.8, 4) is 0 Å². The Hall–Kier alpha value is -2.97. The molecule has 20 heavy (non-hydrogen) atoms. The van der Waals surface area contributed by atoms with Gasteiger partial charge < -0.3 is 10.4 Å². The second-order valence-corrected chi connectivity index (χ2v) is 3.96. The molecular formula is C11H11N5O4. The van der Waals surface area contributed by atoms with Crippen molar-refractivity contribution in [2.45, 2.75) is 13.1 Å². The van der Waals surface area contributed by atoms with Crippen molar-refractivity contribution in [3.63, 3.8) is 0 Å². The van der Waals surface area contributed by atoms with Crippen LogP contribution < -0.4 is 5.32 Å². The number of carboxylic acid groups (broad SMARTS) is 1. The summed E-state index contributed by atoms with van der Waals surface area (Å²) in [4.78, 5) is 20.5. The zero-order valence-electron chi connectivity index (χ0n) is 10.3. The lowest BCUT2D eigenvalue weighted by atomic mass is 10.3. The number of aromatic nitrogens is 3. The quantitative estimate of drug-likeness (QED) is 0.593. The van der Waals surface area contributed by atoms with Crippen molar-refractivity contribution in [1.82, 2.24) is 15.0 Å². The van der Waals surface area contributed by atoms with Gasteiger partial charge >= 0.3 is 5.97 Å². The van der Waals surface area contributed by atoms with E-state index in [1.165, 1.54) is 23.0 Å². The maximum Gasteiger partial charge on any atom is 0.325 e. The molecule has 0 aliphatic rings. The highest BCUT2D eigenvalue weighted by Crippen LogP contribution is 2.15. The number of nitrogens with zero attached hydrogens (tertiary/aromatic N) is 4. The lowest BCUT2D eigenvalue weighted by Crippen LogP contribution is -2.09. The van der Waals surface area contributed by atoms with Crippen LogP contribution in [0.4, 0.5) is 11.4 Å². The molecule has 0 spiro atoms. The van der Waals surface area contributed by atoms with E-state index in [0.717, 1.165) is 0 Å². The van der Waals surface area contributed by atoms with E-state index in [0.29, 0.717) is 17.9 Å². The standard InChI is InChI=1S/C11H11N5O4/c17-11(18)7-15-6-9(13-14-15)5-12-8-1-3-10(4-2-8)16(19)20/h1-4,6,12H,5,7H2,(H,17,18). The summed E-state index contributed by atoms with van der Waals surface area (Å²) < 4.78 is 1.22.